The van der Waals surface area contributed by atoms with E-state index in [2.05, 4.69) is 11.6 Å². The van der Waals surface area contributed by atoms with E-state index in [0.717, 1.165) is 5.56 Å². The predicted molar refractivity (Wildman–Crippen MR) is 71.2 cm³/mol. The molecule has 15 heavy (non-hydrogen) atoms. The maximum absolute atomic E-state index is 7.07. The van der Waals surface area contributed by atoms with Crippen LogP contribution in [0.5, 0.6) is 5.75 Å². The lowest BCUT2D eigenvalue weighted by Crippen LogP contribution is -1.95. The highest BCUT2D eigenvalue weighted by atomic mass is 127. The highest BCUT2D eigenvalue weighted by Crippen LogP contribution is 2.20. The average Bonchev–Trinajstić information content (AvgIpc) is 2.21. The molecule has 0 heterocycles. The fraction of sp³-hybridized carbons (Fsp3) is 0.0909. The van der Waals surface area contributed by atoms with E-state index in [0.29, 0.717) is 18.1 Å². The fourth-order valence-electron chi connectivity index (χ4n) is 1.09. The lowest BCUT2D eigenvalue weighted by atomic mass is 10.1. The molecule has 0 amide bonds. The highest BCUT2D eigenvalue weighted by Gasteiger charge is 2.02. The number of nitrogens with one attached hydrogen (secondary N) is 1. The predicted octanol–water partition coefficient (Wildman–Crippen LogP) is 3.19. The number of benzene rings is 1. The van der Waals surface area contributed by atoms with Crippen LogP contribution in [0.2, 0.25) is 0 Å². The first-order chi connectivity index (χ1) is 7.27. The summed E-state index contributed by atoms with van der Waals surface area (Å²) < 4.78 is 7.03. The molecule has 0 saturated heterocycles. The quantitative estimate of drug-likeness (QED) is 0.506. The molecule has 0 atom stereocenters. The van der Waals surface area contributed by atoms with Crippen LogP contribution in [0.1, 0.15) is 5.56 Å². The number of ether oxygens (including phenoxy) is 1. The molecule has 3 nitrogen and oxygen atoms in total. The summed E-state index contributed by atoms with van der Waals surface area (Å²) in [6.07, 6.45) is 1.89. The van der Waals surface area contributed by atoms with E-state index in [1.54, 1.807) is 4.22 Å². The lowest BCUT2D eigenvalue weighted by Gasteiger charge is -2.08. The first kappa shape index (κ1) is 11.9. The molecular weight excluding hydrogens is 303 g/mol. The van der Waals surface area contributed by atoms with Gasteiger partial charge in [0.15, 0.2) is 0 Å². The molecule has 1 N–H and O–H groups in total. The summed E-state index contributed by atoms with van der Waals surface area (Å²) in [6, 6.07) is 7.55. The van der Waals surface area contributed by atoms with Gasteiger partial charge in [-0.2, -0.15) is 0 Å². The Morgan fingerprint density at radius 3 is 2.93 bits per heavy atom. The molecular formula is C11H11IN2O. The van der Waals surface area contributed by atoms with Gasteiger partial charge in [-0.05, 0) is 41.5 Å². The Balaban J connectivity index is 2.83. The minimum absolute atomic E-state index is 0.349. The summed E-state index contributed by atoms with van der Waals surface area (Å²) in [5, 5.41) is 7.07. The van der Waals surface area contributed by atoms with E-state index >= 15 is 0 Å². The monoisotopic (exact) mass is 314 g/mol. The summed E-state index contributed by atoms with van der Waals surface area (Å²) in [6.45, 7) is 3.66. The second-order valence-electron chi connectivity index (χ2n) is 2.74. The van der Waals surface area contributed by atoms with Crippen LogP contribution in [0.15, 0.2) is 41.7 Å². The van der Waals surface area contributed by atoms with Gasteiger partial charge in [-0.1, -0.05) is 18.2 Å². The zero-order chi connectivity index (χ0) is 11.1. The summed E-state index contributed by atoms with van der Waals surface area (Å²) >= 11 is 2.00. The third kappa shape index (κ3) is 3.83. The number of aliphatic imine (C=N–C) groups is 1. The Labute approximate surface area is 103 Å². The number of nitrogens with zero attached hydrogens (tertiary/aromatic N) is 1. The number of hydrogen-bond acceptors (Lipinski definition) is 3. The van der Waals surface area contributed by atoms with Gasteiger partial charge in [0.25, 0.3) is 0 Å². The van der Waals surface area contributed by atoms with Gasteiger partial charge >= 0.3 is 0 Å². The van der Waals surface area contributed by atoms with Crippen LogP contribution in [-0.4, -0.2) is 10.4 Å². The number of para-hydroxylation sites is 1. The number of halogens is 1. The molecule has 0 aliphatic heterocycles. The first-order valence-corrected chi connectivity index (χ1v) is 5.59. The van der Waals surface area contributed by atoms with Crippen LogP contribution in [0.4, 0.5) is 0 Å². The van der Waals surface area contributed by atoms with Crippen molar-refractivity contribution in [2.24, 2.45) is 4.99 Å². The Bertz CT molecular complexity index is 388. The van der Waals surface area contributed by atoms with Gasteiger partial charge in [0.1, 0.15) is 5.75 Å². The van der Waals surface area contributed by atoms with E-state index in [4.69, 9.17) is 10.1 Å². The minimum Gasteiger partial charge on any atom is -0.439 e. The molecule has 0 spiro atoms. The largest absolute Gasteiger partial charge is 0.439 e. The van der Waals surface area contributed by atoms with Crippen molar-refractivity contribution in [2.75, 3.05) is 0 Å². The Morgan fingerprint density at radius 2 is 2.27 bits per heavy atom. The molecule has 0 aromatic heterocycles. The molecule has 0 unspecified atom stereocenters. The summed E-state index contributed by atoms with van der Waals surface area (Å²) in [4.78, 5) is 3.91. The lowest BCUT2D eigenvalue weighted by molar-refractivity contribution is 0.421. The summed E-state index contributed by atoms with van der Waals surface area (Å²) in [5.74, 6) is 1.05. The van der Waals surface area contributed by atoms with Gasteiger partial charge in [0.05, 0.1) is 4.22 Å². The van der Waals surface area contributed by atoms with Crippen molar-refractivity contribution in [1.82, 2.24) is 0 Å². The Morgan fingerprint density at radius 1 is 1.53 bits per heavy atom. The van der Waals surface area contributed by atoms with Gasteiger partial charge in [0.2, 0.25) is 5.88 Å². The van der Waals surface area contributed by atoms with E-state index in [9.17, 15) is 0 Å². The van der Waals surface area contributed by atoms with Crippen molar-refractivity contribution in [2.45, 2.75) is 6.42 Å². The van der Waals surface area contributed by atoms with Gasteiger partial charge in [0, 0.05) is 12.0 Å². The molecule has 1 rings (SSSR count). The van der Waals surface area contributed by atoms with Crippen molar-refractivity contribution in [3.63, 3.8) is 0 Å². The molecule has 0 bridgehead atoms. The zero-order valence-electron chi connectivity index (χ0n) is 8.11. The minimum atomic E-state index is 0.349. The second kappa shape index (κ2) is 6.34. The third-order valence-corrected chi connectivity index (χ3v) is 1.99. The first-order valence-electron chi connectivity index (χ1n) is 4.34. The Hall–Kier alpha value is -1.17. The van der Waals surface area contributed by atoms with Crippen molar-refractivity contribution >= 4 is 33.0 Å². The molecule has 0 saturated carbocycles. The zero-order valence-corrected chi connectivity index (χ0v) is 10.3. The number of hydrogen-bond donors (Lipinski definition) is 1. The van der Waals surface area contributed by atoms with Crippen LogP contribution in [0.25, 0.3) is 0 Å². The molecule has 0 aliphatic carbocycles. The van der Waals surface area contributed by atoms with Gasteiger partial charge in [-0.15, -0.1) is 0 Å². The fourth-order valence-corrected chi connectivity index (χ4v) is 1.40. The maximum atomic E-state index is 7.07. The molecule has 1 aromatic carbocycles. The van der Waals surface area contributed by atoms with Crippen LogP contribution in [0, 0.1) is 5.41 Å². The highest BCUT2D eigenvalue weighted by molar-refractivity contribution is 14.1. The summed E-state index contributed by atoms with van der Waals surface area (Å²) in [7, 11) is 0. The topological polar surface area (TPSA) is 45.4 Å². The van der Waals surface area contributed by atoms with Gasteiger partial charge < -0.3 is 10.1 Å². The molecule has 4 heteroatoms. The van der Waals surface area contributed by atoms with Crippen LogP contribution >= 0.6 is 22.6 Å². The van der Waals surface area contributed by atoms with E-state index < -0.39 is 0 Å². The maximum Gasteiger partial charge on any atom is 0.212 e. The van der Waals surface area contributed by atoms with E-state index in [-0.39, 0.29) is 0 Å². The summed E-state index contributed by atoms with van der Waals surface area (Å²) in [5.41, 5.74) is 0.956. The molecule has 78 valence electrons. The van der Waals surface area contributed by atoms with Gasteiger partial charge in [-0.25, -0.2) is 4.99 Å². The molecule has 0 aliphatic rings. The van der Waals surface area contributed by atoms with E-state index in [1.165, 1.54) is 6.21 Å². The smallest absolute Gasteiger partial charge is 0.212 e. The van der Waals surface area contributed by atoms with Crippen LogP contribution in [-0.2, 0) is 6.42 Å². The number of rotatable bonds is 5. The normalized spacial score (nSPS) is 10.2. The van der Waals surface area contributed by atoms with E-state index in [1.807, 2.05) is 46.9 Å². The Kier molecular flexibility index (Phi) is 5.03. The van der Waals surface area contributed by atoms with Crippen molar-refractivity contribution in [1.29, 1.82) is 5.41 Å². The second-order valence-corrected chi connectivity index (χ2v) is 3.30. The van der Waals surface area contributed by atoms with Crippen LogP contribution in [0.3, 0.4) is 0 Å². The SMILES string of the molecule is C=C(N=CI)Oc1ccccc1CC=N. The van der Waals surface area contributed by atoms with Crippen molar-refractivity contribution in [3.8, 4) is 5.75 Å². The van der Waals surface area contributed by atoms with Crippen molar-refractivity contribution < 1.29 is 4.74 Å². The standard InChI is InChI=1S/C11H11IN2O/c1-9(14-8-12)15-11-5-3-2-4-10(11)6-7-13/h2-5,7-8,13H,1,6H2. The molecule has 1 aromatic rings. The average molecular weight is 314 g/mol. The van der Waals surface area contributed by atoms with Gasteiger partial charge in [-0.3, -0.25) is 0 Å². The third-order valence-electron chi connectivity index (χ3n) is 1.72. The van der Waals surface area contributed by atoms with Crippen LogP contribution < -0.4 is 4.74 Å². The molecule has 0 radical (unpaired) electrons. The molecule has 0 fully saturated rings. The van der Waals surface area contributed by atoms with Crippen molar-refractivity contribution in [3.05, 3.63) is 42.3 Å².